The molecule has 0 spiro atoms. The number of halogens is 1. The summed E-state index contributed by atoms with van der Waals surface area (Å²) in [7, 11) is -3.86. The third-order valence-electron chi connectivity index (χ3n) is 5.36. The molecule has 6 nitrogen and oxygen atoms in total. The van der Waals surface area contributed by atoms with E-state index in [1.165, 1.54) is 11.6 Å². The van der Waals surface area contributed by atoms with Crippen LogP contribution in [0.5, 0.6) is 0 Å². The lowest BCUT2D eigenvalue weighted by Crippen LogP contribution is -2.35. The molecule has 0 unspecified atom stereocenters. The highest BCUT2D eigenvalue weighted by atomic mass is 35.5. The minimum Gasteiger partial charge on any atom is -0.351 e. The molecule has 2 aliphatic rings. The Hall–Kier alpha value is -2.03. The number of hydrogen-bond donors (Lipinski definition) is 1. The largest absolute Gasteiger partial charge is 0.351 e. The summed E-state index contributed by atoms with van der Waals surface area (Å²) in [6.45, 7) is 3.17. The standard InChI is InChI=1S/C22H24ClN3O3S2/c1-15-6-8-16(9-7-15)30-12-10-24-22(27)17-13-20-19(14-18(17)23)26-11-4-2-3-5-21(26)25-31(20,28)29/h6-9,13-14H,2-5,10-12H2,1H3,(H,24,27). The molecule has 2 heterocycles. The number of carbonyl (C=O) groups is 1. The zero-order chi connectivity index (χ0) is 22.0. The van der Waals surface area contributed by atoms with E-state index in [1.54, 1.807) is 17.8 Å². The molecule has 31 heavy (non-hydrogen) atoms. The van der Waals surface area contributed by atoms with Crippen molar-refractivity contribution in [3.05, 3.63) is 52.5 Å². The quantitative estimate of drug-likeness (QED) is 0.500. The van der Waals surface area contributed by atoms with Crippen molar-refractivity contribution in [3.8, 4) is 0 Å². The van der Waals surface area contributed by atoms with Gasteiger partial charge in [-0.25, -0.2) is 0 Å². The van der Waals surface area contributed by atoms with Crippen LogP contribution in [0.1, 0.15) is 41.6 Å². The Balaban J connectivity index is 1.49. The molecule has 0 atom stereocenters. The second-order valence-corrected chi connectivity index (χ2v) is 10.8. The summed E-state index contributed by atoms with van der Waals surface area (Å²) in [4.78, 5) is 15.8. The Morgan fingerprint density at radius 2 is 1.97 bits per heavy atom. The Bertz CT molecular complexity index is 1130. The molecule has 1 N–H and O–H groups in total. The number of fused-ring (bicyclic) bond motifs is 3. The average Bonchev–Trinajstić information content (AvgIpc) is 2.97. The zero-order valence-electron chi connectivity index (χ0n) is 17.2. The number of amidine groups is 1. The van der Waals surface area contributed by atoms with E-state index < -0.39 is 15.9 Å². The number of carbonyl (C=O) groups excluding carboxylic acids is 1. The normalized spacial score (nSPS) is 17.2. The van der Waals surface area contributed by atoms with Gasteiger partial charge < -0.3 is 10.2 Å². The molecule has 1 amide bonds. The van der Waals surface area contributed by atoms with Crippen LogP contribution >= 0.6 is 23.4 Å². The number of nitrogens with zero attached hydrogens (tertiary/aromatic N) is 2. The van der Waals surface area contributed by atoms with E-state index in [-0.39, 0.29) is 15.5 Å². The number of amides is 1. The maximum Gasteiger partial charge on any atom is 0.286 e. The lowest BCUT2D eigenvalue weighted by atomic mass is 10.1. The van der Waals surface area contributed by atoms with Crippen LogP contribution in [-0.2, 0) is 10.0 Å². The Morgan fingerprint density at radius 3 is 2.74 bits per heavy atom. The summed E-state index contributed by atoms with van der Waals surface area (Å²) in [5.74, 6) is 0.862. The van der Waals surface area contributed by atoms with Crippen molar-refractivity contribution in [2.75, 3.05) is 23.7 Å². The highest BCUT2D eigenvalue weighted by molar-refractivity contribution is 7.99. The molecular formula is C22H24ClN3O3S2. The highest BCUT2D eigenvalue weighted by Crippen LogP contribution is 2.37. The van der Waals surface area contributed by atoms with Gasteiger partial charge in [-0.3, -0.25) is 4.79 Å². The average molecular weight is 478 g/mol. The van der Waals surface area contributed by atoms with E-state index in [0.717, 1.165) is 24.2 Å². The lowest BCUT2D eigenvalue weighted by Gasteiger charge is -2.30. The van der Waals surface area contributed by atoms with E-state index in [2.05, 4.69) is 9.71 Å². The van der Waals surface area contributed by atoms with E-state index in [9.17, 15) is 13.2 Å². The third kappa shape index (κ3) is 4.91. The highest BCUT2D eigenvalue weighted by Gasteiger charge is 2.33. The molecule has 2 aromatic carbocycles. The fraction of sp³-hybridized carbons (Fsp3) is 0.364. The maximum absolute atomic E-state index is 12.8. The monoisotopic (exact) mass is 477 g/mol. The van der Waals surface area contributed by atoms with E-state index in [1.807, 2.05) is 36.1 Å². The molecule has 4 rings (SSSR count). The van der Waals surface area contributed by atoms with Gasteiger partial charge in [-0.1, -0.05) is 35.7 Å². The van der Waals surface area contributed by atoms with Crippen LogP contribution in [0.25, 0.3) is 0 Å². The zero-order valence-corrected chi connectivity index (χ0v) is 19.6. The Kier molecular flexibility index (Phi) is 6.60. The summed E-state index contributed by atoms with van der Waals surface area (Å²) >= 11 is 8.06. The predicted molar refractivity (Wildman–Crippen MR) is 126 cm³/mol. The summed E-state index contributed by atoms with van der Waals surface area (Å²) in [6.07, 6.45) is 3.52. The summed E-state index contributed by atoms with van der Waals surface area (Å²) in [5, 5.41) is 3.07. The summed E-state index contributed by atoms with van der Waals surface area (Å²) in [6, 6.07) is 11.1. The smallest absolute Gasteiger partial charge is 0.286 e. The van der Waals surface area contributed by atoms with Gasteiger partial charge in [0.1, 0.15) is 10.7 Å². The van der Waals surface area contributed by atoms with Crippen LogP contribution in [0.3, 0.4) is 0 Å². The van der Waals surface area contributed by atoms with Gasteiger partial charge in [0.05, 0.1) is 16.3 Å². The van der Waals surface area contributed by atoms with Crippen molar-refractivity contribution in [2.45, 2.75) is 42.4 Å². The number of hydrogen-bond acceptors (Lipinski definition) is 5. The molecule has 0 aromatic heterocycles. The van der Waals surface area contributed by atoms with Crippen LogP contribution < -0.4 is 10.2 Å². The van der Waals surface area contributed by atoms with Gasteiger partial charge in [0, 0.05) is 30.2 Å². The van der Waals surface area contributed by atoms with E-state index in [4.69, 9.17) is 11.6 Å². The Morgan fingerprint density at radius 1 is 1.19 bits per heavy atom. The third-order valence-corrected chi connectivity index (χ3v) is 8.02. The molecule has 1 fully saturated rings. The van der Waals surface area contributed by atoms with Crippen molar-refractivity contribution < 1.29 is 13.2 Å². The molecular weight excluding hydrogens is 454 g/mol. The van der Waals surface area contributed by atoms with Crippen LogP contribution in [0, 0.1) is 6.92 Å². The van der Waals surface area contributed by atoms with Crippen LogP contribution in [0.2, 0.25) is 5.02 Å². The predicted octanol–water partition coefficient (Wildman–Crippen LogP) is 4.65. The molecule has 2 aromatic rings. The summed E-state index contributed by atoms with van der Waals surface area (Å²) in [5.41, 5.74) is 1.87. The van der Waals surface area contributed by atoms with Gasteiger partial charge in [0.25, 0.3) is 15.9 Å². The fourth-order valence-electron chi connectivity index (χ4n) is 3.73. The molecule has 2 aliphatic heterocycles. The second-order valence-electron chi connectivity index (χ2n) is 7.66. The number of sulfonamides is 1. The number of thioether (sulfide) groups is 1. The van der Waals surface area contributed by atoms with Gasteiger partial charge in [0.15, 0.2) is 0 Å². The molecule has 9 heteroatoms. The van der Waals surface area contributed by atoms with Gasteiger partial charge >= 0.3 is 0 Å². The minimum atomic E-state index is -3.86. The van der Waals surface area contributed by atoms with Crippen molar-refractivity contribution in [1.82, 2.24) is 5.32 Å². The van der Waals surface area contributed by atoms with Gasteiger partial charge in [-0.15, -0.1) is 16.2 Å². The maximum atomic E-state index is 12.8. The van der Waals surface area contributed by atoms with Gasteiger partial charge in [-0.05, 0) is 44.0 Å². The molecule has 0 bridgehead atoms. The number of aryl methyl sites for hydroxylation is 1. The number of benzene rings is 2. The van der Waals surface area contributed by atoms with Crippen LogP contribution in [0.4, 0.5) is 5.69 Å². The van der Waals surface area contributed by atoms with Crippen molar-refractivity contribution >= 4 is 50.8 Å². The Labute approximate surface area is 192 Å². The van der Waals surface area contributed by atoms with E-state index in [0.29, 0.717) is 36.8 Å². The number of nitrogens with one attached hydrogen (secondary N) is 1. The first-order valence-corrected chi connectivity index (χ1v) is 13.1. The topological polar surface area (TPSA) is 78.8 Å². The number of rotatable bonds is 5. The fourth-order valence-corrected chi connectivity index (χ4v) is 6.01. The number of anilines is 1. The lowest BCUT2D eigenvalue weighted by molar-refractivity contribution is 0.0956. The molecule has 1 saturated heterocycles. The molecule has 164 valence electrons. The van der Waals surface area contributed by atoms with Crippen LogP contribution in [-0.4, -0.2) is 39.0 Å². The molecule has 0 saturated carbocycles. The van der Waals surface area contributed by atoms with E-state index >= 15 is 0 Å². The van der Waals surface area contributed by atoms with Crippen LogP contribution in [0.15, 0.2) is 50.6 Å². The summed E-state index contributed by atoms with van der Waals surface area (Å²) < 4.78 is 29.6. The SMILES string of the molecule is Cc1ccc(SCCNC(=O)c2cc3c(cc2Cl)N2CCCCCC2=NS3(=O)=O)cc1. The van der Waals surface area contributed by atoms with Gasteiger partial charge in [-0.2, -0.15) is 8.42 Å². The van der Waals surface area contributed by atoms with Crippen molar-refractivity contribution in [2.24, 2.45) is 4.40 Å². The first-order valence-electron chi connectivity index (χ1n) is 10.3. The van der Waals surface area contributed by atoms with Crippen molar-refractivity contribution in [3.63, 3.8) is 0 Å². The van der Waals surface area contributed by atoms with Gasteiger partial charge in [0.2, 0.25) is 0 Å². The first kappa shape index (κ1) is 22.2. The second kappa shape index (κ2) is 9.22. The molecule has 0 radical (unpaired) electrons. The molecule has 0 aliphatic carbocycles. The first-order chi connectivity index (χ1) is 14.8. The van der Waals surface area contributed by atoms with Crippen molar-refractivity contribution in [1.29, 1.82) is 0 Å². The minimum absolute atomic E-state index is 0.0433.